The number of carbonyl (C=O) groups excluding carboxylic acids is 1. The highest BCUT2D eigenvalue weighted by atomic mass is 16.5. The third kappa shape index (κ3) is 2.72. The number of ether oxygens (including phenoxy) is 1. The molecule has 2 aliphatic rings. The summed E-state index contributed by atoms with van der Waals surface area (Å²) >= 11 is 0. The number of hydrogen-bond acceptors (Lipinski definition) is 4. The summed E-state index contributed by atoms with van der Waals surface area (Å²) in [5.41, 5.74) is 0. The molecule has 1 saturated heterocycles. The molecule has 2 rings (SSSR count). The maximum absolute atomic E-state index is 11.7. The van der Waals surface area contributed by atoms with E-state index < -0.39 is 0 Å². The zero-order valence-electron chi connectivity index (χ0n) is 9.61. The van der Waals surface area contributed by atoms with Gasteiger partial charge in [-0.1, -0.05) is 0 Å². The van der Waals surface area contributed by atoms with Crippen LogP contribution in [0.1, 0.15) is 26.2 Å². The van der Waals surface area contributed by atoms with Crippen LogP contribution < -0.4 is 10.6 Å². The quantitative estimate of drug-likeness (QED) is 0.600. The number of amides is 1. The summed E-state index contributed by atoms with van der Waals surface area (Å²) in [5.74, 6) is 0.0106. The number of nitrogens with one attached hydrogen (secondary N) is 2. The molecule has 1 amide bonds. The molecule has 3 N–H and O–H groups in total. The van der Waals surface area contributed by atoms with Crippen molar-refractivity contribution in [2.24, 2.45) is 0 Å². The van der Waals surface area contributed by atoms with Gasteiger partial charge in [-0.2, -0.15) is 0 Å². The molecule has 1 saturated carbocycles. The van der Waals surface area contributed by atoms with Crippen molar-refractivity contribution in [1.82, 2.24) is 10.6 Å². The Balaban J connectivity index is 1.65. The molecule has 1 aliphatic carbocycles. The zero-order valence-corrected chi connectivity index (χ0v) is 9.61. The first-order valence-corrected chi connectivity index (χ1v) is 6.02. The fourth-order valence-electron chi connectivity index (χ4n) is 2.27. The minimum Gasteiger partial charge on any atom is -0.392 e. The van der Waals surface area contributed by atoms with Crippen LogP contribution in [0.4, 0.5) is 0 Å². The first-order valence-electron chi connectivity index (χ1n) is 6.02. The molecule has 5 heteroatoms. The van der Waals surface area contributed by atoms with Crippen molar-refractivity contribution in [3.8, 4) is 0 Å². The molecular weight excluding hydrogens is 208 g/mol. The van der Waals surface area contributed by atoms with Crippen LogP contribution in [-0.4, -0.2) is 48.5 Å². The van der Waals surface area contributed by atoms with Crippen molar-refractivity contribution in [1.29, 1.82) is 0 Å². The second-order valence-electron chi connectivity index (χ2n) is 4.60. The maximum atomic E-state index is 11.7. The van der Waals surface area contributed by atoms with Crippen molar-refractivity contribution < 1.29 is 14.6 Å². The monoisotopic (exact) mass is 228 g/mol. The van der Waals surface area contributed by atoms with Crippen LogP contribution in [-0.2, 0) is 9.53 Å². The topological polar surface area (TPSA) is 70.6 Å². The van der Waals surface area contributed by atoms with Gasteiger partial charge in [0.25, 0.3) is 0 Å². The van der Waals surface area contributed by atoms with Crippen LogP contribution >= 0.6 is 0 Å². The lowest BCUT2D eigenvalue weighted by atomic mass is 9.89. The zero-order chi connectivity index (χ0) is 11.5. The van der Waals surface area contributed by atoms with E-state index in [9.17, 15) is 9.90 Å². The highest BCUT2D eigenvalue weighted by Crippen LogP contribution is 2.23. The number of β-amino-alcohol motifs (C(OH)–C–C–N with tert-alkyl or cyclic N) is 1. The number of carbonyl (C=O) groups is 1. The molecule has 0 aromatic rings. The van der Waals surface area contributed by atoms with Gasteiger partial charge >= 0.3 is 0 Å². The van der Waals surface area contributed by atoms with E-state index in [1.54, 1.807) is 0 Å². The van der Waals surface area contributed by atoms with Crippen molar-refractivity contribution in [2.75, 3.05) is 13.2 Å². The van der Waals surface area contributed by atoms with E-state index in [1.165, 1.54) is 0 Å². The lowest BCUT2D eigenvalue weighted by Crippen LogP contribution is -2.52. The SMILES string of the molecule is CCOC1CC(NC(=O)C2CC(O)CN2)C1. The van der Waals surface area contributed by atoms with Gasteiger partial charge in [0.05, 0.1) is 18.2 Å². The van der Waals surface area contributed by atoms with Gasteiger partial charge in [-0.05, 0) is 26.2 Å². The van der Waals surface area contributed by atoms with E-state index >= 15 is 0 Å². The average molecular weight is 228 g/mol. The van der Waals surface area contributed by atoms with Gasteiger partial charge in [0.1, 0.15) is 0 Å². The van der Waals surface area contributed by atoms with Crippen molar-refractivity contribution in [2.45, 2.75) is 50.5 Å². The van der Waals surface area contributed by atoms with Crippen LogP contribution in [0.3, 0.4) is 0 Å². The fourth-order valence-corrected chi connectivity index (χ4v) is 2.27. The second kappa shape index (κ2) is 5.12. The third-order valence-electron chi connectivity index (χ3n) is 3.27. The summed E-state index contributed by atoms with van der Waals surface area (Å²) in [6.45, 7) is 3.24. The largest absolute Gasteiger partial charge is 0.392 e. The van der Waals surface area contributed by atoms with Crippen LogP contribution in [0.5, 0.6) is 0 Å². The Kier molecular flexibility index (Phi) is 3.78. The van der Waals surface area contributed by atoms with Crippen LogP contribution in [0.2, 0.25) is 0 Å². The van der Waals surface area contributed by atoms with Crippen LogP contribution in [0.25, 0.3) is 0 Å². The Bertz CT molecular complexity index is 254. The Hall–Kier alpha value is -0.650. The van der Waals surface area contributed by atoms with Crippen LogP contribution in [0, 0.1) is 0 Å². The van der Waals surface area contributed by atoms with Crippen molar-refractivity contribution in [3.05, 3.63) is 0 Å². The molecular formula is C11H20N2O3. The summed E-state index contributed by atoms with van der Waals surface area (Å²) in [4.78, 5) is 11.7. The predicted molar refractivity (Wildman–Crippen MR) is 59.0 cm³/mol. The number of rotatable bonds is 4. The summed E-state index contributed by atoms with van der Waals surface area (Å²) in [7, 11) is 0. The van der Waals surface area contributed by atoms with Gasteiger partial charge in [0, 0.05) is 19.2 Å². The summed E-state index contributed by atoms with van der Waals surface area (Å²) in [6, 6.07) is 0.0322. The van der Waals surface area contributed by atoms with E-state index in [4.69, 9.17) is 4.74 Å². The summed E-state index contributed by atoms with van der Waals surface area (Å²) in [5, 5.41) is 15.3. The molecule has 2 atom stereocenters. The van der Waals surface area contributed by atoms with Gasteiger partial charge in [-0.15, -0.1) is 0 Å². The second-order valence-corrected chi connectivity index (χ2v) is 4.60. The lowest BCUT2D eigenvalue weighted by Gasteiger charge is -2.35. The Morgan fingerprint density at radius 1 is 1.50 bits per heavy atom. The van der Waals surface area contributed by atoms with E-state index in [2.05, 4.69) is 10.6 Å². The average Bonchev–Trinajstić information content (AvgIpc) is 2.61. The first kappa shape index (κ1) is 11.8. The normalized spacial score (nSPS) is 38.1. The smallest absolute Gasteiger partial charge is 0.237 e. The van der Waals surface area contributed by atoms with Gasteiger partial charge in [-0.25, -0.2) is 0 Å². The van der Waals surface area contributed by atoms with Gasteiger partial charge in [0.15, 0.2) is 0 Å². The molecule has 5 nitrogen and oxygen atoms in total. The molecule has 92 valence electrons. The molecule has 0 aromatic heterocycles. The molecule has 0 bridgehead atoms. The Morgan fingerprint density at radius 2 is 2.25 bits per heavy atom. The highest BCUT2D eigenvalue weighted by molar-refractivity contribution is 5.82. The fraction of sp³-hybridized carbons (Fsp3) is 0.909. The molecule has 0 spiro atoms. The first-order chi connectivity index (χ1) is 7.69. The van der Waals surface area contributed by atoms with Crippen molar-refractivity contribution in [3.63, 3.8) is 0 Å². The number of aliphatic hydroxyl groups excluding tert-OH is 1. The van der Waals surface area contributed by atoms with Gasteiger partial charge in [0.2, 0.25) is 5.91 Å². The van der Waals surface area contributed by atoms with Gasteiger partial charge < -0.3 is 20.5 Å². The molecule has 1 aliphatic heterocycles. The van der Waals surface area contributed by atoms with E-state index in [1.807, 2.05) is 6.92 Å². The summed E-state index contributed by atoms with van der Waals surface area (Å²) in [6.07, 6.45) is 2.28. The lowest BCUT2D eigenvalue weighted by molar-refractivity contribution is -0.125. The predicted octanol–water partition coefficient (Wildman–Crippen LogP) is -0.607. The van der Waals surface area contributed by atoms with E-state index in [0.717, 1.165) is 19.4 Å². The molecule has 2 fully saturated rings. The Labute approximate surface area is 95.5 Å². The Morgan fingerprint density at radius 3 is 2.81 bits per heavy atom. The molecule has 2 unspecified atom stereocenters. The standard InChI is InChI=1S/C11H20N2O3/c1-2-16-9-3-7(4-9)13-11(15)10-5-8(14)6-12-10/h7-10,12,14H,2-6H2,1H3,(H,13,15). The maximum Gasteiger partial charge on any atom is 0.237 e. The molecule has 0 aromatic carbocycles. The van der Waals surface area contributed by atoms with Gasteiger partial charge in [-0.3, -0.25) is 4.79 Å². The highest BCUT2D eigenvalue weighted by Gasteiger charge is 2.34. The molecule has 16 heavy (non-hydrogen) atoms. The third-order valence-corrected chi connectivity index (χ3v) is 3.27. The van der Waals surface area contributed by atoms with E-state index in [0.29, 0.717) is 19.1 Å². The minimum absolute atomic E-state index is 0.0106. The summed E-state index contributed by atoms with van der Waals surface area (Å²) < 4.78 is 5.43. The minimum atomic E-state index is -0.381. The number of aliphatic hydroxyl groups is 1. The van der Waals surface area contributed by atoms with Crippen molar-refractivity contribution >= 4 is 5.91 Å². The van der Waals surface area contributed by atoms with E-state index in [-0.39, 0.29) is 24.1 Å². The number of hydrogen-bond donors (Lipinski definition) is 3. The molecule has 1 heterocycles. The van der Waals surface area contributed by atoms with Crippen LogP contribution in [0.15, 0.2) is 0 Å². The molecule has 0 radical (unpaired) electrons.